The molecular weight excluding hydrogens is 280 g/mol. The molecule has 1 aromatic carbocycles. The Morgan fingerprint density at radius 3 is 2.68 bits per heavy atom. The molecular formula is C17H26N2O3. The highest BCUT2D eigenvalue weighted by molar-refractivity contribution is 5.71. The smallest absolute Gasteiger partial charge is 0.344 e. The van der Waals surface area contributed by atoms with Crippen molar-refractivity contribution in [3.8, 4) is 5.75 Å². The van der Waals surface area contributed by atoms with Crippen LogP contribution in [0.1, 0.15) is 12.5 Å². The van der Waals surface area contributed by atoms with Crippen LogP contribution in [0.5, 0.6) is 5.75 Å². The third-order valence-corrected chi connectivity index (χ3v) is 3.79. The lowest BCUT2D eigenvalue weighted by Crippen LogP contribution is -2.47. The van der Waals surface area contributed by atoms with Crippen LogP contribution in [0.3, 0.4) is 0 Å². The lowest BCUT2D eigenvalue weighted by Gasteiger charge is -2.33. The summed E-state index contributed by atoms with van der Waals surface area (Å²) in [6, 6.07) is 7.64. The van der Waals surface area contributed by atoms with Crippen molar-refractivity contribution >= 4 is 5.97 Å². The summed E-state index contributed by atoms with van der Waals surface area (Å²) in [5.41, 5.74) is 1.11. The molecule has 0 N–H and O–H groups in total. The summed E-state index contributed by atoms with van der Waals surface area (Å²) in [6.45, 7) is 8.84. The van der Waals surface area contributed by atoms with Gasteiger partial charge in [0, 0.05) is 32.7 Å². The highest BCUT2D eigenvalue weighted by atomic mass is 16.6. The standard InChI is InChI=1S/C17H26N2O3/c1-14-5-4-6-16(11-14)21-13-17(20)22-15(2)12-19-9-7-18(3)8-10-19/h4-6,11,15H,7-10,12-13H2,1-3H3/t15-/m1/s1. The normalized spacial score (nSPS) is 18.0. The Hall–Kier alpha value is -1.59. The average Bonchev–Trinajstić information content (AvgIpc) is 2.47. The van der Waals surface area contributed by atoms with Gasteiger partial charge in [0.15, 0.2) is 6.61 Å². The predicted molar refractivity (Wildman–Crippen MR) is 86.2 cm³/mol. The lowest BCUT2D eigenvalue weighted by atomic mass is 10.2. The molecule has 0 radical (unpaired) electrons. The van der Waals surface area contributed by atoms with E-state index >= 15 is 0 Å². The number of rotatable bonds is 6. The zero-order chi connectivity index (χ0) is 15.9. The minimum absolute atomic E-state index is 0.0451. The van der Waals surface area contributed by atoms with E-state index in [-0.39, 0.29) is 18.7 Å². The molecule has 22 heavy (non-hydrogen) atoms. The minimum Gasteiger partial charge on any atom is -0.482 e. The first-order valence-electron chi connectivity index (χ1n) is 7.83. The van der Waals surface area contributed by atoms with Crippen molar-refractivity contribution in [1.82, 2.24) is 9.80 Å². The van der Waals surface area contributed by atoms with Crippen LogP contribution in [0.15, 0.2) is 24.3 Å². The fraction of sp³-hybridized carbons (Fsp3) is 0.588. The third kappa shape index (κ3) is 5.66. The number of ether oxygens (including phenoxy) is 2. The maximum atomic E-state index is 11.8. The molecule has 0 amide bonds. The van der Waals surface area contributed by atoms with Gasteiger partial charge in [-0.25, -0.2) is 4.79 Å². The Labute approximate surface area is 132 Å². The van der Waals surface area contributed by atoms with E-state index in [0.717, 1.165) is 38.3 Å². The molecule has 1 atom stereocenters. The number of likely N-dealkylation sites (N-methyl/N-ethyl adjacent to an activating group) is 1. The van der Waals surface area contributed by atoms with Crippen LogP contribution in [0.4, 0.5) is 0 Å². The number of esters is 1. The van der Waals surface area contributed by atoms with Crippen LogP contribution in [-0.4, -0.2) is 68.3 Å². The van der Waals surface area contributed by atoms with E-state index in [1.807, 2.05) is 38.1 Å². The van der Waals surface area contributed by atoms with Crippen molar-refractivity contribution < 1.29 is 14.3 Å². The average molecular weight is 306 g/mol. The summed E-state index contributed by atoms with van der Waals surface area (Å²) in [5, 5.41) is 0. The fourth-order valence-electron chi connectivity index (χ4n) is 2.54. The van der Waals surface area contributed by atoms with Gasteiger partial charge in [-0.2, -0.15) is 0 Å². The van der Waals surface area contributed by atoms with Gasteiger partial charge in [-0.05, 0) is 38.6 Å². The molecule has 0 spiro atoms. The summed E-state index contributed by atoms with van der Waals surface area (Å²) in [5.74, 6) is 0.381. The van der Waals surface area contributed by atoms with Crippen LogP contribution in [0.25, 0.3) is 0 Å². The summed E-state index contributed by atoms with van der Waals surface area (Å²) >= 11 is 0. The summed E-state index contributed by atoms with van der Waals surface area (Å²) < 4.78 is 10.9. The first kappa shape index (κ1) is 16.8. The van der Waals surface area contributed by atoms with Crippen LogP contribution >= 0.6 is 0 Å². The van der Waals surface area contributed by atoms with Crippen molar-refractivity contribution in [3.05, 3.63) is 29.8 Å². The van der Waals surface area contributed by atoms with Crippen molar-refractivity contribution in [2.75, 3.05) is 46.4 Å². The van der Waals surface area contributed by atoms with Crippen LogP contribution in [-0.2, 0) is 9.53 Å². The quantitative estimate of drug-likeness (QED) is 0.746. The van der Waals surface area contributed by atoms with Gasteiger partial charge >= 0.3 is 5.97 Å². The monoisotopic (exact) mass is 306 g/mol. The Bertz CT molecular complexity index is 485. The first-order valence-corrected chi connectivity index (χ1v) is 7.83. The molecule has 1 heterocycles. The molecule has 0 bridgehead atoms. The van der Waals surface area contributed by atoms with E-state index in [1.165, 1.54) is 0 Å². The Morgan fingerprint density at radius 1 is 1.27 bits per heavy atom. The Balaban J connectivity index is 1.67. The fourth-order valence-corrected chi connectivity index (χ4v) is 2.54. The van der Waals surface area contributed by atoms with E-state index in [2.05, 4.69) is 16.8 Å². The molecule has 0 saturated carbocycles. The highest BCUT2D eigenvalue weighted by Gasteiger charge is 2.18. The number of hydrogen-bond donors (Lipinski definition) is 0. The zero-order valence-corrected chi connectivity index (χ0v) is 13.7. The topological polar surface area (TPSA) is 42.0 Å². The molecule has 5 nitrogen and oxygen atoms in total. The van der Waals surface area contributed by atoms with Gasteiger partial charge in [0.2, 0.25) is 0 Å². The van der Waals surface area contributed by atoms with Crippen molar-refractivity contribution in [3.63, 3.8) is 0 Å². The summed E-state index contributed by atoms with van der Waals surface area (Å²) in [7, 11) is 2.13. The number of carbonyl (C=O) groups excluding carboxylic acids is 1. The van der Waals surface area contributed by atoms with E-state index in [4.69, 9.17) is 9.47 Å². The molecule has 1 aliphatic heterocycles. The molecule has 0 aliphatic carbocycles. The Morgan fingerprint density at radius 2 is 2.00 bits per heavy atom. The molecule has 1 saturated heterocycles. The van der Waals surface area contributed by atoms with E-state index in [9.17, 15) is 4.79 Å². The van der Waals surface area contributed by atoms with Gasteiger partial charge in [-0.15, -0.1) is 0 Å². The van der Waals surface area contributed by atoms with E-state index in [1.54, 1.807) is 0 Å². The second-order valence-electron chi connectivity index (χ2n) is 6.01. The number of aryl methyl sites for hydroxylation is 1. The van der Waals surface area contributed by atoms with Crippen LogP contribution < -0.4 is 4.74 Å². The summed E-state index contributed by atoms with van der Waals surface area (Å²) in [6.07, 6.45) is -0.114. The van der Waals surface area contributed by atoms with Gasteiger partial charge < -0.3 is 14.4 Å². The second-order valence-corrected chi connectivity index (χ2v) is 6.01. The minimum atomic E-state index is -0.317. The maximum absolute atomic E-state index is 11.8. The summed E-state index contributed by atoms with van der Waals surface area (Å²) in [4.78, 5) is 16.5. The van der Waals surface area contributed by atoms with Gasteiger partial charge in [-0.1, -0.05) is 12.1 Å². The van der Waals surface area contributed by atoms with Gasteiger partial charge in [0.1, 0.15) is 11.9 Å². The molecule has 5 heteroatoms. The van der Waals surface area contributed by atoms with Gasteiger partial charge in [0.05, 0.1) is 0 Å². The number of hydrogen-bond acceptors (Lipinski definition) is 5. The largest absolute Gasteiger partial charge is 0.482 e. The molecule has 122 valence electrons. The lowest BCUT2D eigenvalue weighted by molar-refractivity contribution is -0.151. The van der Waals surface area contributed by atoms with Crippen molar-refractivity contribution in [1.29, 1.82) is 0 Å². The second kappa shape index (κ2) is 8.15. The number of nitrogens with zero attached hydrogens (tertiary/aromatic N) is 2. The molecule has 0 unspecified atom stereocenters. The zero-order valence-electron chi connectivity index (χ0n) is 13.7. The van der Waals surface area contributed by atoms with Gasteiger partial charge in [0.25, 0.3) is 0 Å². The van der Waals surface area contributed by atoms with Crippen molar-refractivity contribution in [2.45, 2.75) is 20.0 Å². The third-order valence-electron chi connectivity index (χ3n) is 3.79. The SMILES string of the molecule is Cc1cccc(OCC(=O)O[C@H](C)CN2CCN(C)CC2)c1. The first-order chi connectivity index (χ1) is 10.5. The number of carbonyl (C=O) groups is 1. The molecule has 0 aromatic heterocycles. The van der Waals surface area contributed by atoms with E-state index in [0.29, 0.717) is 5.75 Å². The van der Waals surface area contributed by atoms with Crippen molar-refractivity contribution in [2.24, 2.45) is 0 Å². The molecule has 2 rings (SSSR count). The van der Waals surface area contributed by atoms with Crippen LogP contribution in [0.2, 0.25) is 0 Å². The number of piperazine rings is 1. The maximum Gasteiger partial charge on any atom is 0.344 e. The Kier molecular flexibility index (Phi) is 6.21. The molecule has 1 fully saturated rings. The molecule has 1 aromatic rings. The van der Waals surface area contributed by atoms with Crippen LogP contribution in [0, 0.1) is 6.92 Å². The van der Waals surface area contributed by atoms with Gasteiger partial charge in [-0.3, -0.25) is 4.90 Å². The van der Waals surface area contributed by atoms with E-state index < -0.39 is 0 Å². The number of benzene rings is 1. The highest BCUT2D eigenvalue weighted by Crippen LogP contribution is 2.12. The predicted octanol–water partition coefficient (Wildman–Crippen LogP) is 1.55. The molecule has 1 aliphatic rings.